The number of hydrogen-bond acceptors (Lipinski definition) is 6. The van der Waals surface area contributed by atoms with Gasteiger partial charge in [-0.2, -0.15) is 0 Å². The van der Waals surface area contributed by atoms with Crippen LogP contribution in [0.2, 0.25) is 0 Å². The van der Waals surface area contributed by atoms with Gasteiger partial charge in [0.2, 0.25) is 9.05 Å². The van der Waals surface area contributed by atoms with Crippen LogP contribution in [0.4, 0.5) is 0 Å². The second-order valence-corrected chi connectivity index (χ2v) is 7.49. The second kappa shape index (κ2) is 23.2. The molecule has 0 N–H and O–H groups in total. The third-order valence-electron chi connectivity index (χ3n) is 0.790. The van der Waals surface area contributed by atoms with E-state index in [1.165, 1.54) is 6.92 Å². The monoisotopic (exact) mass is 394 g/mol. The fraction of sp³-hybridized carbons (Fsp3) is 0.800. The molecule has 0 spiro atoms. The first-order chi connectivity index (χ1) is 8.77. The van der Waals surface area contributed by atoms with Gasteiger partial charge in [0.1, 0.15) is 11.6 Å². The fourth-order valence-corrected chi connectivity index (χ4v) is 0.352. The molecule has 0 saturated carbocycles. The Labute approximate surface area is 161 Å². The molecular formula is C10H21Cl2NaO6S2. The van der Waals surface area contributed by atoms with E-state index in [-0.39, 0.29) is 47.0 Å². The molecule has 0 aliphatic carbocycles. The van der Waals surface area contributed by atoms with Gasteiger partial charge in [-0.05, 0) is 26.5 Å². The molecule has 21 heavy (non-hydrogen) atoms. The SMILES string of the molecule is CC(=O)CCl.CCCC(C)=O.CS(=O)(=O)Cl.CS(=O)[O-].[Na+]. The standard InChI is InChI=1S/C5H10O.C3H5ClO.CH3ClO2S.CH4O2S.Na/c1-3-4-5(2)6;1-3(5)2-4;1-5(2,3)4;1-4(2)3;/h3-4H2,1-2H3;2H2,1H3;1H3;1H3,(H,2,3);/q;;;;+1/p-1. The fourth-order valence-electron chi connectivity index (χ4n) is 0.352. The van der Waals surface area contributed by atoms with Crippen LogP contribution in [0.1, 0.15) is 33.6 Å². The maximum absolute atomic E-state index is 10.0. The van der Waals surface area contributed by atoms with Gasteiger partial charge in [-0.25, -0.2) is 8.42 Å². The normalized spacial score (nSPS) is 9.90. The molecule has 0 aliphatic heterocycles. The zero-order valence-electron chi connectivity index (χ0n) is 13.1. The molecule has 0 fully saturated rings. The van der Waals surface area contributed by atoms with Gasteiger partial charge in [0.05, 0.1) is 12.1 Å². The molecule has 0 aromatic carbocycles. The van der Waals surface area contributed by atoms with Crippen LogP contribution in [0.25, 0.3) is 0 Å². The van der Waals surface area contributed by atoms with Gasteiger partial charge in [0, 0.05) is 17.1 Å². The van der Waals surface area contributed by atoms with Gasteiger partial charge in [0.15, 0.2) is 0 Å². The number of carbonyl (C=O) groups is 2. The van der Waals surface area contributed by atoms with Crippen molar-refractivity contribution in [1.29, 1.82) is 0 Å². The molecule has 0 saturated heterocycles. The van der Waals surface area contributed by atoms with Gasteiger partial charge in [0.25, 0.3) is 0 Å². The minimum Gasteiger partial charge on any atom is -0.773 e. The third-order valence-corrected chi connectivity index (χ3v) is 1.17. The molecule has 0 radical (unpaired) electrons. The largest absolute Gasteiger partial charge is 1.00 e. The summed E-state index contributed by atoms with van der Waals surface area (Å²) in [5.41, 5.74) is 0. The van der Waals surface area contributed by atoms with E-state index >= 15 is 0 Å². The average molecular weight is 395 g/mol. The van der Waals surface area contributed by atoms with E-state index in [0.29, 0.717) is 0 Å². The molecule has 124 valence electrons. The third kappa shape index (κ3) is 211. The molecular weight excluding hydrogens is 374 g/mol. The summed E-state index contributed by atoms with van der Waals surface area (Å²) in [7, 11) is 1.31. The Bertz CT molecular complexity index is 362. The van der Waals surface area contributed by atoms with Crippen molar-refractivity contribution in [2.45, 2.75) is 33.6 Å². The van der Waals surface area contributed by atoms with Crippen molar-refractivity contribution in [2.24, 2.45) is 0 Å². The maximum Gasteiger partial charge on any atom is 1.00 e. The van der Waals surface area contributed by atoms with E-state index in [2.05, 4.69) is 10.7 Å². The summed E-state index contributed by atoms with van der Waals surface area (Å²) in [4.78, 5) is 19.7. The zero-order chi connectivity index (χ0) is 17.4. The van der Waals surface area contributed by atoms with Gasteiger partial charge < -0.3 is 9.35 Å². The van der Waals surface area contributed by atoms with Crippen molar-refractivity contribution in [3.05, 3.63) is 0 Å². The summed E-state index contributed by atoms with van der Waals surface area (Å²) in [6, 6.07) is 0. The van der Waals surface area contributed by atoms with E-state index in [1.54, 1.807) is 6.92 Å². The first kappa shape index (κ1) is 33.6. The van der Waals surface area contributed by atoms with E-state index in [1.807, 2.05) is 6.92 Å². The van der Waals surface area contributed by atoms with Gasteiger partial charge in [-0.1, -0.05) is 18.0 Å². The number of Topliss-reactive ketones (excluding diaryl/α,β-unsaturated/α-hetero) is 2. The van der Waals surface area contributed by atoms with Crippen molar-refractivity contribution in [1.82, 2.24) is 0 Å². The van der Waals surface area contributed by atoms with Crippen LogP contribution in [0.3, 0.4) is 0 Å². The van der Waals surface area contributed by atoms with Gasteiger partial charge in [-0.15, -0.1) is 11.6 Å². The van der Waals surface area contributed by atoms with Crippen molar-refractivity contribution in [2.75, 3.05) is 18.4 Å². The summed E-state index contributed by atoms with van der Waals surface area (Å²) < 4.78 is 36.8. The Balaban J connectivity index is -0.0000000539. The van der Waals surface area contributed by atoms with Gasteiger partial charge in [-0.3, -0.25) is 9.00 Å². The van der Waals surface area contributed by atoms with E-state index < -0.39 is 20.1 Å². The summed E-state index contributed by atoms with van der Waals surface area (Å²) in [5, 5.41) is 0. The molecule has 0 aromatic heterocycles. The second-order valence-electron chi connectivity index (χ2n) is 3.37. The van der Waals surface area contributed by atoms with Crippen LogP contribution in [0, 0.1) is 0 Å². The number of halogens is 2. The van der Waals surface area contributed by atoms with E-state index in [0.717, 1.165) is 25.4 Å². The first-order valence-electron chi connectivity index (χ1n) is 5.23. The molecule has 0 aromatic rings. The van der Waals surface area contributed by atoms with Crippen LogP contribution >= 0.6 is 22.3 Å². The summed E-state index contributed by atoms with van der Waals surface area (Å²) in [6.45, 7) is 5.07. The molecule has 0 bridgehead atoms. The molecule has 0 aliphatic rings. The average Bonchev–Trinajstić information content (AvgIpc) is 2.14. The molecule has 11 heteroatoms. The van der Waals surface area contributed by atoms with Gasteiger partial charge >= 0.3 is 29.6 Å². The molecule has 0 heterocycles. The summed E-state index contributed by atoms with van der Waals surface area (Å²) >= 11 is 3.13. The number of alkyl halides is 1. The molecule has 1 atom stereocenters. The molecule has 6 nitrogen and oxygen atoms in total. The van der Waals surface area contributed by atoms with Crippen molar-refractivity contribution in [3.63, 3.8) is 0 Å². The number of hydrogen-bond donors (Lipinski definition) is 0. The van der Waals surface area contributed by atoms with Crippen LogP contribution in [-0.4, -0.2) is 47.1 Å². The van der Waals surface area contributed by atoms with Crippen molar-refractivity contribution >= 4 is 54.0 Å². The zero-order valence-corrected chi connectivity index (χ0v) is 18.3. The summed E-state index contributed by atoms with van der Waals surface area (Å²) in [5.74, 6) is 0.448. The maximum atomic E-state index is 10.0. The minimum absolute atomic E-state index is 0. The Hall–Kier alpha value is 0.980. The number of rotatable bonds is 3. The molecule has 0 rings (SSSR count). The predicted molar refractivity (Wildman–Crippen MR) is 82.5 cm³/mol. The smallest absolute Gasteiger partial charge is 0.773 e. The molecule has 0 amide bonds. The summed E-state index contributed by atoms with van der Waals surface area (Å²) in [6.07, 6.45) is 3.73. The van der Waals surface area contributed by atoms with Crippen LogP contribution in [0.15, 0.2) is 0 Å². The van der Waals surface area contributed by atoms with E-state index in [4.69, 9.17) is 20.4 Å². The van der Waals surface area contributed by atoms with Crippen LogP contribution in [0.5, 0.6) is 0 Å². The van der Waals surface area contributed by atoms with Crippen LogP contribution < -0.4 is 29.6 Å². The van der Waals surface area contributed by atoms with E-state index in [9.17, 15) is 18.0 Å². The Kier molecular flexibility index (Phi) is 37.1. The van der Waals surface area contributed by atoms with Crippen molar-refractivity contribution < 1.29 is 56.3 Å². The minimum atomic E-state index is -3.19. The molecule has 1 unspecified atom stereocenters. The number of carbonyl (C=O) groups excluding carboxylic acids is 2. The Morgan fingerprint density at radius 3 is 1.38 bits per heavy atom. The van der Waals surface area contributed by atoms with Crippen molar-refractivity contribution in [3.8, 4) is 0 Å². The Morgan fingerprint density at radius 1 is 1.19 bits per heavy atom. The number of ketones is 2. The topological polar surface area (TPSA) is 108 Å². The first-order valence-corrected chi connectivity index (χ1v) is 9.96. The predicted octanol–water partition coefficient (Wildman–Crippen LogP) is -1.13. The van der Waals surface area contributed by atoms with Crippen LogP contribution in [-0.2, 0) is 29.7 Å². The Morgan fingerprint density at radius 2 is 1.38 bits per heavy atom. The quantitative estimate of drug-likeness (QED) is 0.259.